The van der Waals surface area contributed by atoms with Crippen LogP contribution in [0.2, 0.25) is 0 Å². The van der Waals surface area contributed by atoms with Crippen molar-refractivity contribution in [1.29, 1.82) is 0 Å². The number of benzene rings is 1. The van der Waals surface area contributed by atoms with Gasteiger partial charge < -0.3 is 10.2 Å². The molecule has 1 rings (SSSR count). The fourth-order valence-corrected chi connectivity index (χ4v) is 1.24. The highest BCUT2D eigenvalue weighted by molar-refractivity contribution is 6.06. The third kappa shape index (κ3) is 1.68. The summed E-state index contributed by atoms with van der Waals surface area (Å²) in [6.07, 6.45) is 0.462. The molecule has 0 bridgehead atoms. The predicted molar refractivity (Wildman–Crippen MR) is 51.2 cm³/mol. The average molecular weight is 222 g/mol. The minimum Gasteiger partial charge on any atom is -0.506 e. The van der Waals surface area contributed by atoms with Gasteiger partial charge in [0, 0.05) is 5.56 Å². The van der Waals surface area contributed by atoms with Crippen LogP contribution in [0.3, 0.4) is 0 Å². The SMILES string of the molecule is O=Cc1cc(C(=O)O)c(C=O)c(C=O)c1O. The van der Waals surface area contributed by atoms with Crippen LogP contribution in [-0.4, -0.2) is 35.0 Å². The smallest absolute Gasteiger partial charge is 0.336 e. The molecule has 0 fully saturated rings. The van der Waals surface area contributed by atoms with Crippen molar-refractivity contribution >= 4 is 24.8 Å². The molecule has 0 aromatic heterocycles. The summed E-state index contributed by atoms with van der Waals surface area (Å²) in [7, 11) is 0. The normalized spacial score (nSPS) is 9.50. The summed E-state index contributed by atoms with van der Waals surface area (Å²) in [5, 5.41) is 18.1. The number of aromatic hydroxyl groups is 1. The number of carboxylic acids is 1. The Bertz CT molecular complexity index is 489. The number of phenols is 1. The van der Waals surface area contributed by atoms with Gasteiger partial charge in [0.25, 0.3) is 0 Å². The van der Waals surface area contributed by atoms with Gasteiger partial charge in [-0.05, 0) is 6.07 Å². The molecule has 6 nitrogen and oxygen atoms in total. The van der Waals surface area contributed by atoms with Gasteiger partial charge in [0.15, 0.2) is 18.9 Å². The molecular weight excluding hydrogens is 216 g/mol. The first-order valence-electron chi connectivity index (χ1n) is 4.05. The first kappa shape index (κ1) is 11.6. The van der Waals surface area contributed by atoms with Crippen LogP contribution in [0.25, 0.3) is 0 Å². The highest BCUT2D eigenvalue weighted by Crippen LogP contribution is 2.26. The topological polar surface area (TPSA) is 109 Å². The van der Waals surface area contributed by atoms with Gasteiger partial charge in [0.05, 0.1) is 16.7 Å². The molecular formula is C10H6O6. The first-order chi connectivity index (χ1) is 7.56. The standard InChI is InChI=1S/C10H6O6/c11-2-5-1-6(10(15)16)7(3-12)8(4-13)9(5)14/h1-4,14H,(H,15,16). The summed E-state index contributed by atoms with van der Waals surface area (Å²) < 4.78 is 0. The van der Waals surface area contributed by atoms with Crippen molar-refractivity contribution in [2.75, 3.05) is 0 Å². The number of carbonyl (C=O) groups excluding carboxylic acids is 3. The second kappa shape index (κ2) is 4.35. The molecule has 0 unspecified atom stereocenters. The predicted octanol–water partition coefficient (Wildman–Crippen LogP) is 0.528. The van der Waals surface area contributed by atoms with Crippen molar-refractivity contribution in [3.63, 3.8) is 0 Å². The van der Waals surface area contributed by atoms with E-state index in [9.17, 15) is 24.3 Å². The minimum absolute atomic E-state index is 0.124. The Kier molecular flexibility index (Phi) is 3.14. The van der Waals surface area contributed by atoms with E-state index in [-0.39, 0.29) is 24.4 Å². The number of rotatable bonds is 4. The summed E-state index contributed by atoms with van der Waals surface area (Å²) >= 11 is 0. The van der Waals surface area contributed by atoms with Crippen molar-refractivity contribution in [2.24, 2.45) is 0 Å². The number of aldehydes is 3. The molecule has 0 aliphatic carbocycles. The zero-order valence-electron chi connectivity index (χ0n) is 7.84. The molecule has 1 aromatic rings. The molecule has 2 N–H and O–H groups in total. The van der Waals surface area contributed by atoms with Gasteiger partial charge in [-0.2, -0.15) is 0 Å². The molecule has 6 heteroatoms. The van der Waals surface area contributed by atoms with Gasteiger partial charge in [-0.15, -0.1) is 0 Å². The summed E-state index contributed by atoms with van der Waals surface area (Å²) in [4.78, 5) is 42.5. The second-order valence-electron chi connectivity index (χ2n) is 2.85. The van der Waals surface area contributed by atoms with Gasteiger partial charge in [-0.25, -0.2) is 4.79 Å². The van der Waals surface area contributed by atoms with Crippen molar-refractivity contribution < 1.29 is 29.4 Å². The molecule has 16 heavy (non-hydrogen) atoms. The van der Waals surface area contributed by atoms with Crippen LogP contribution in [0.1, 0.15) is 41.4 Å². The van der Waals surface area contributed by atoms with E-state index in [1.165, 1.54) is 0 Å². The Morgan fingerprint density at radius 1 is 1.06 bits per heavy atom. The van der Waals surface area contributed by atoms with Gasteiger partial charge >= 0.3 is 5.97 Å². The Morgan fingerprint density at radius 3 is 2.00 bits per heavy atom. The number of carbonyl (C=O) groups is 4. The summed E-state index contributed by atoms with van der Waals surface area (Å²) in [5.74, 6) is -2.16. The lowest BCUT2D eigenvalue weighted by molar-refractivity contribution is 0.0694. The Hall–Kier alpha value is -2.50. The van der Waals surface area contributed by atoms with E-state index < -0.39 is 28.4 Å². The highest BCUT2D eigenvalue weighted by atomic mass is 16.4. The van der Waals surface area contributed by atoms with E-state index in [0.717, 1.165) is 6.07 Å². The quantitative estimate of drug-likeness (QED) is 0.719. The number of hydrogen-bond acceptors (Lipinski definition) is 5. The lowest BCUT2D eigenvalue weighted by atomic mass is 9.98. The van der Waals surface area contributed by atoms with Crippen LogP contribution in [0, 0.1) is 0 Å². The maximum Gasteiger partial charge on any atom is 0.336 e. The van der Waals surface area contributed by atoms with E-state index in [0.29, 0.717) is 0 Å². The number of hydrogen-bond donors (Lipinski definition) is 2. The van der Waals surface area contributed by atoms with Crippen LogP contribution in [0.15, 0.2) is 6.07 Å². The minimum atomic E-state index is -1.46. The molecule has 0 radical (unpaired) electrons. The fourth-order valence-electron chi connectivity index (χ4n) is 1.24. The van der Waals surface area contributed by atoms with E-state index in [1.807, 2.05) is 0 Å². The summed E-state index contributed by atoms with van der Waals surface area (Å²) in [6, 6.07) is 0.835. The van der Waals surface area contributed by atoms with Crippen molar-refractivity contribution in [1.82, 2.24) is 0 Å². The Balaban J connectivity index is 3.75. The monoisotopic (exact) mass is 222 g/mol. The largest absolute Gasteiger partial charge is 0.506 e. The third-order valence-corrected chi connectivity index (χ3v) is 2.00. The molecule has 0 amide bonds. The lowest BCUT2D eigenvalue weighted by Gasteiger charge is -2.07. The van der Waals surface area contributed by atoms with Crippen molar-refractivity contribution in [2.45, 2.75) is 0 Å². The summed E-state index contributed by atoms with van der Waals surface area (Å²) in [6.45, 7) is 0. The lowest BCUT2D eigenvalue weighted by Crippen LogP contribution is -2.07. The first-order valence-corrected chi connectivity index (χ1v) is 4.05. The van der Waals surface area contributed by atoms with Gasteiger partial charge in [-0.3, -0.25) is 14.4 Å². The highest BCUT2D eigenvalue weighted by Gasteiger charge is 2.20. The van der Waals surface area contributed by atoms with Crippen molar-refractivity contribution in [3.05, 3.63) is 28.3 Å². The summed E-state index contributed by atoms with van der Waals surface area (Å²) in [5.41, 5.74) is -1.82. The van der Waals surface area contributed by atoms with E-state index in [1.54, 1.807) is 0 Å². The third-order valence-electron chi connectivity index (χ3n) is 2.00. The molecule has 1 aromatic carbocycles. The van der Waals surface area contributed by atoms with Crippen LogP contribution in [0.4, 0.5) is 0 Å². The Morgan fingerprint density at radius 2 is 1.62 bits per heavy atom. The molecule has 0 atom stereocenters. The molecule has 0 spiro atoms. The molecule has 0 heterocycles. The van der Waals surface area contributed by atoms with Gasteiger partial charge in [0.2, 0.25) is 0 Å². The zero-order valence-corrected chi connectivity index (χ0v) is 7.84. The molecule has 0 aliphatic rings. The molecule has 0 aliphatic heterocycles. The number of carboxylic acid groups (broad SMARTS) is 1. The van der Waals surface area contributed by atoms with E-state index >= 15 is 0 Å². The second-order valence-corrected chi connectivity index (χ2v) is 2.85. The molecule has 0 saturated heterocycles. The number of aromatic carboxylic acids is 1. The van der Waals surface area contributed by atoms with Crippen LogP contribution >= 0.6 is 0 Å². The van der Waals surface area contributed by atoms with Crippen molar-refractivity contribution in [3.8, 4) is 5.75 Å². The van der Waals surface area contributed by atoms with Crippen LogP contribution in [0.5, 0.6) is 5.75 Å². The average Bonchev–Trinajstić information content (AvgIpc) is 2.27. The molecule has 82 valence electrons. The Labute approximate surface area is 89.1 Å². The maximum absolute atomic E-state index is 10.8. The van der Waals surface area contributed by atoms with Gasteiger partial charge in [0.1, 0.15) is 5.75 Å². The zero-order chi connectivity index (χ0) is 12.3. The molecule has 0 saturated carbocycles. The van der Waals surface area contributed by atoms with Gasteiger partial charge in [-0.1, -0.05) is 0 Å². The fraction of sp³-hybridized carbons (Fsp3) is 0. The maximum atomic E-state index is 10.8. The van der Waals surface area contributed by atoms with E-state index in [2.05, 4.69) is 0 Å². The van der Waals surface area contributed by atoms with Crippen LogP contribution < -0.4 is 0 Å². The number of phenolic OH excluding ortho intramolecular Hbond substituents is 1. The van der Waals surface area contributed by atoms with Crippen LogP contribution in [-0.2, 0) is 0 Å². The van der Waals surface area contributed by atoms with E-state index in [4.69, 9.17) is 5.11 Å².